The number of nitrogens with two attached hydrogens (primary N) is 2. The third kappa shape index (κ3) is 27.2. The van der Waals surface area contributed by atoms with Crippen LogP contribution in [0.4, 0.5) is 0 Å². The molecule has 0 radical (unpaired) electrons. The lowest BCUT2D eigenvalue weighted by atomic mass is 9.99. The zero-order valence-electron chi connectivity index (χ0n) is 45.2. The lowest BCUT2D eigenvalue weighted by molar-refractivity contribution is -0.143. The summed E-state index contributed by atoms with van der Waals surface area (Å²) in [6.45, 7) is 18.1. The second kappa shape index (κ2) is 34.4. The number of carbonyl (C=O) groups is 10. The summed E-state index contributed by atoms with van der Waals surface area (Å²) in [6, 6.07) is -1.04. The van der Waals surface area contributed by atoms with Gasteiger partial charge in [0.05, 0.1) is 12.6 Å². The fraction of sp³-hybridized carbons (Fsp3) is 0.692. The number of benzene rings is 1. The fourth-order valence-corrected chi connectivity index (χ4v) is 7.95. The smallest absolute Gasteiger partial charge is 0.326 e. The normalized spacial score (nSPS) is 14.7. The number of rotatable bonds is 36. The van der Waals surface area contributed by atoms with E-state index in [1.807, 2.05) is 41.5 Å². The van der Waals surface area contributed by atoms with E-state index in [1.165, 1.54) is 0 Å². The van der Waals surface area contributed by atoms with Gasteiger partial charge in [-0.1, -0.05) is 99.6 Å². The van der Waals surface area contributed by atoms with Crippen molar-refractivity contribution in [2.75, 3.05) is 13.1 Å². The van der Waals surface area contributed by atoms with Crippen LogP contribution < -0.4 is 54.0 Å². The summed E-state index contributed by atoms with van der Waals surface area (Å²) in [6.07, 6.45) is 0.941. The van der Waals surface area contributed by atoms with Gasteiger partial charge in [-0.15, -0.1) is 0 Å². The molecule has 0 unspecified atom stereocenters. The molecule has 0 bridgehead atoms. The molecule has 8 atom stereocenters. The topological polar surface area (TPSA) is 359 Å². The third-order valence-electron chi connectivity index (χ3n) is 11.6. The zero-order chi connectivity index (χ0) is 56.2. The zero-order valence-corrected chi connectivity index (χ0v) is 45.2. The summed E-state index contributed by atoms with van der Waals surface area (Å²) < 4.78 is 0. The van der Waals surface area contributed by atoms with Crippen LogP contribution in [0.5, 0.6) is 0 Å². The highest BCUT2D eigenvalue weighted by Gasteiger charge is 2.34. The van der Waals surface area contributed by atoms with Crippen molar-refractivity contribution in [2.45, 2.75) is 188 Å². The van der Waals surface area contributed by atoms with Gasteiger partial charge in [0.1, 0.15) is 42.3 Å². The van der Waals surface area contributed by atoms with E-state index in [1.54, 1.807) is 58.0 Å². The summed E-state index contributed by atoms with van der Waals surface area (Å²) in [4.78, 5) is 133. The van der Waals surface area contributed by atoms with Crippen LogP contribution in [-0.4, -0.2) is 131 Å². The summed E-state index contributed by atoms with van der Waals surface area (Å²) in [5.41, 5.74) is 12.4. The second-order valence-corrected chi connectivity index (χ2v) is 21.2. The highest BCUT2D eigenvalue weighted by atomic mass is 16.4. The molecule has 0 aromatic heterocycles. The predicted molar refractivity (Wildman–Crippen MR) is 279 cm³/mol. The van der Waals surface area contributed by atoms with Gasteiger partial charge in [0.15, 0.2) is 0 Å². The maximum Gasteiger partial charge on any atom is 0.326 e. The van der Waals surface area contributed by atoms with Crippen molar-refractivity contribution in [1.29, 1.82) is 0 Å². The monoisotopic (exact) mass is 1040 g/mol. The average Bonchev–Trinajstić information content (AvgIpc) is 3.29. The molecule has 0 aliphatic carbocycles. The fourth-order valence-electron chi connectivity index (χ4n) is 7.95. The average molecular weight is 1050 g/mol. The number of carboxylic acids is 2. The van der Waals surface area contributed by atoms with E-state index < -0.39 is 127 Å². The second-order valence-electron chi connectivity index (χ2n) is 21.2. The van der Waals surface area contributed by atoms with Gasteiger partial charge >= 0.3 is 11.9 Å². The summed E-state index contributed by atoms with van der Waals surface area (Å²) in [7, 11) is 0. The molecule has 22 heteroatoms. The maximum absolute atomic E-state index is 14.3. The molecule has 1 aromatic carbocycles. The first-order valence-corrected chi connectivity index (χ1v) is 26.0. The first-order valence-electron chi connectivity index (χ1n) is 26.0. The molecule has 74 heavy (non-hydrogen) atoms. The van der Waals surface area contributed by atoms with E-state index in [9.17, 15) is 58.2 Å². The number of nitrogens with one attached hydrogen (secondary N) is 8. The van der Waals surface area contributed by atoms with Crippen LogP contribution in [-0.2, 0) is 54.4 Å². The van der Waals surface area contributed by atoms with Crippen LogP contribution in [0.25, 0.3) is 0 Å². The van der Waals surface area contributed by atoms with E-state index in [0.717, 1.165) is 0 Å². The van der Waals surface area contributed by atoms with Crippen LogP contribution in [0.2, 0.25) is 0 Å². The van der Waals surface area contributed by atoms with Crippen molar-refractivity contribution in [2.24, 2.45) is 41.1 Å². The number of hydrogen-bond acceptors (Lipinski definition) is 12. The molecule has 0 spiro atoms. The molecule has 1 aromatic rings. The van der Waals surface area contributed by atoms with Crippen molar-refractivity contribution in [3.8, 4) is 0 Å². The van der Waals surface area contributed by atoms with Gasteiger partial charge in [0.25, 0.3) is 0 Å². The first kappa shape index (κ1) is 65.9. The van der Waals surface area contributed by atoms with Crippen molar-refractivity contribution in [3.63, 3.8) is 0 Å². The van der Waals surface area contributed by atoms with Crippen molar-refractivity contribution < 1.29 is 58.2 Å². The van der Waals surface area contributed by atoms with E-state index >= 15 is 0 Å². The molecule has 22 nitrogen and oxygen atoms in total. The molecule has 0 saturated heterocycles. The van der Waals surface area contributed by atoms with Crippen molar-refractivity contribution in [1.82, 2.24) is 42.5 Å². The summed E-state index contributed by atoms with van der Waals surface area (Å²) >= 11 is 0. The number of carboxylic acid groups (broad SMARTS) is 2. The van der Waals surface area contributed by atoms with Crippen LogP contribution in [0, 0.1) is 29.6 Å². The molecule has 8 amide bonds. The van der Waals surface area contributed by atoms with Gasteiger partial charge in [0.2, 0.25) is 47.3 Å². The highest BCUT2D eigenvalue weighted by Crippen LogP contribution is 2.14. The highest BCUT2D eigenvalue weighted by molar-refractivity contribution is 5.97. The summed E-state index contributed by atoms with van der Waals surface area (Å²) in [5, 5.41) is 40.3. The van der Waals surface area contributed by atoms with Gasteiger partial charge in [-0.25, -0.2) is 4.79 Å². The Labute approximate surface area is 437 Å². The maximum atomic E-state index is 14.3. The Bertz CT molecular complexity index is 1980. The molecule has 0 saturated carbocycles. The minimum atomic E-state index is -1.54. The van der Waals surface area contributed by atoms with E-state index in [4.69, 9.17) is 11.5 Å². The van der Waals surface area contributed by atoms with Gasteiger partial charge in [-0.3, -0.25) is 43.2 Å². The number of carbonyl (C=O) groups excluding carboxylic acids is 8. The van der Waals surface area contributed by atoms with Crippen molar-refractivity contribution in [3.05, 3.63) is 35.9 Å². The van der Waals surface area contributed by atoms with Gasteiger partial charge in [0, 0.05) is 12.8 Å². The molecular formula is C52H88N10O12. The Morgan fingerprint density at radius 3 is 1.31 bits per heavy atom. The number of unbranched alkanes of at least 4 members (excludes halogenated alkanes) is 1. The Balaban J connectivity index is 3.42. The largest absolute Gasteiger partial charge is 0.481 e. The van der Waals surface area contributed by atoms with Crippen molar-refractivity contribution >= 4 is 59.2 Å². The molecule has 0 heterocycles. The quantitative estimate of drug-likeness (QED) is 0.0423. The van der Waals surface area contributed by atoms with Gasteiger partial charge in [-0.05, 0) is 99.5 Å². The summed E-state index contributed by atoms with van der Waals surface area (Å²) in [5.74, 6) is -8.79. The molecule has 1 rings (SSSR count). The third-order valence-corrected chi connectivity index (χ3v) is 11.6. The standard InChI is InChI=1S/C52H88N10O12/c1-29(2)22-35(54)45(66)58-39(24-31(5)6)50(71)59-38(23-30(3)4)46(67)55-28-43(63)56-37(19-20-44(64)65)48(69)61-41(27-34-16-12-11-13-17-34)51(72)60-40(25-32(7)8)49(70)57-36(18-14-15-21-53)47(68)62-42(52(73)74)26-33(9)10/h11-13,16-17,29-33,35-42H,14-15,18-28,53-54H2,1-10H3,(H,55,67)(H,56,63)(H,57,70)(H,58,66)(H,59,71)(H,60,72)(H,61,69)(H,62,68)(H,64,65)(H,73,74)/t35-,36-,37-,38-,39-,40-,41-,42-/m0/s1. The van der Waals surface area contributed by atoms with Crippen LogP contribution in [0.3, 0.4) is 0 Å². The molecule has 0 aliphatic rings. The molecule has 0 fully saturated rings. The van der Waals surface area contributed by atoms with Crippen LogP contribution in [0.15, 0.2) is 30.3 Å². The lowest BCUT2D eigenvalue weighted by Crippen LogP contribution is -2.59. The SMILES string of the molecule is CC(C)C[C@H](NC(=O)[C@H](CCCCN)NC(=O)[C@H](CC(C)C)NC(=O)[C@H](Cc1ccccc1)NC(=O)[C@H](CCC(=O)O)NC(=O)CNC(=O)[C@H](CC(C)C)NC(=O)[C@H](CC(C)C)NC(=O)[C@@H](N)CC(C)C)C(=O)O. The molecule has 418 valence electrons. The van der Waals surface area contributed by atoms with Gasteiger partial charge in [-0.2, -0.15) is 0 Å². The van der Waals surface area contributed by atoms with Gasteiger partial charge < -0.3 is 64.2 Å². The Morgan fingerprint density at radius 2 is 0.851 bits per heavy atom. The van der Waals surface area contributed by atoms with E-state index in [0.29, 0.717) is 31.4 Å². The number of hydrogen-bond donors (Lipinski definition) is 12. The Morgan fingerprint density at radius 1 is 0.459 bits per heavy atom. The van der Waals surface area contributed by atoms with E-state index in [-0.39, 0.29) is 68.1 Å². The Kier molecular flexibility index (Phi) is 30.6. The van der Waals surface area contributed by atoms with Crippen LogP contribution in [0.1, 0.15) is 139 Å². The Hall–Kier alpha value is -6.16. The molecular weight excluding hydrogens is 957 g/mol. The first-order chi connectivity index (χ1) is 34.6. The molecule has 0 aliphatic heterocycles. The minimum Gasteiger partial charge on any atom is -0.481 e. The predicted octanol–water partition coefficient (Wildman–Crippen LogP) is 1.38. The van der Waals surface area contributed by atoms with E-state index in [2.05, 4.69) is 42.5 Å². The number of aliphatic carboxylic acids is 2. The number of amides is 8. The molecule has 14 N–H and O–H groups in total. The minimum absolute atomic E-state index is 0.0240. The lowest BCUT2D eigenvalue weighted by Gasteiger charge is -2.28. The van der Waals surface area contributed by atoms with Crippen LogP contribution >= 0.6 is 0 Å².